The van der Waals surface area contributed by atoms with Gasteiger partial charge in [-0.2, -0.15) is 5.10 Å². The minimum atomic E-state index is -2.67. The van der Waals surface area contributed by atoms with E-state index in [1.54, 1.807) is 29.9 Å². The molecule has 1 atom stereocenters. The highest BCUT2D eigenvalue weighted by molar-refractivity contribution is 7.92. The predicted molar refractivity (Wildman–Crippen MR) is 102 cm³/mol. The highest BCUT2D eigenvalue weighted by Crippen LogP contribution is 2.29. The summed E-state index contributed by atoms with van der Waals surface area (Å²) in [6.45, 7) is 5.04. The van der Waals surface area contributed by atoms with E-state index in [0.29, 0.717) is 28.9 Å². The number of benzene rings is 1. The van der Waals surface area contributed by atoms with Gasteiger partial charge in [0.1, 0.15) is 0 Å². The van der Waals surface area contributed by atoms with Gasteiger partial charge in [-0.15, -0.1) is 0 Å². The van der Waals surface area contributed by atoms with Crippen LogP contribution in [0.3, 0.4) is 0 Å². The van der Waals surface area contributed by atoms with Crippen molar-refractivity contribution in [1.29, 1.82) is 4.78 Å². The fraction of sp³-hybridized carbons (Fsp3) is 0.294. The van der Waals surface area contributed by atoms with Crippen molar-refractivity contribution >= 4 is 38.1 Å². The molecule has 25 heavy (non-hydrogen) atoms. The third kappa shape index (κ3) is 3.48. The molecule has 132 valence electrons. The first-order valence-electron chi connectivity index (χ1n) is 8.06. The van der Waals surface area contributed by atoms with Gasteiger partial charge in [0.05, 0.1) is 20.8 Å². The number of fused-ring (bicyclic) bond motifs is 1. The molecule has 0 spiro atoms. The molecule has 2 heterocycles. The second kappa shape index (κ2) is 7.01. The summed E-state index contributed by atoms with van der Waals surface area (Å²) in [6, 6.07) is 9.18. The average Bonchev–Trinajstić information content (AvgIpc) is 2.97. The van der Waals surface area contributed by atoms with Crippen molar-refractivity contribution in [3.63, 3.8) is 0 Å². The molecule has 1 aromatic carbocycles. The van der Waals surface area contributed by atoms with Gasteiger partial charge in [0, 0.05) is 29.9 Å². The van der Waals surface area contributed by atoms with Crippen LogP contribution in [0.25, 0.3) is 11.0 Å². The third-order valence-corrected chi connectivity index (χ3v) is 6.19. The standard InChI is InChI=1S/C17H20ClN5OS/c1-3-23-17-15(16(18)22-23)14(9-10-20-17)21-11-12-5-7-13(8-6-12)25(19,24)4-2/h5-10,19H,3-4,11H2,1-2H3,(H,20,21). The molecule has 0 amide bonds. The van der Waals surface area contributed by atoms with Crippen LogP contribution in [0.4, 0.5) is 5.69 Å². The summed E-state index contributed by atoms with van der Waals surface area (Å²) in [6.07, 6.45) is 1.73. The Hall–Kier alpha value is -2.12. The van der Waals surface area contributed by atoms with E-state index in [1.807, 2.05) is 25.1 Å². The summed E-state index contributed by atoms with van der Waals surface area (Å²) < 4.78 is 21.7. The summed E-state index contributed by atoms with van der Waals surface area (Å²) in [7, 11) is -2.67. The Morgan fingerprint density at radius 3 is 2.60 bits per heavy atom. The van der Waals surface area contributed by atoms with E-state index in [2.05, 4.69) is 15.4 Å². The average molecular weight is 378 g/mol. The monoisotopic (exact) mass is 377 g/mol. The van der Waals surface area contributed by atoms with Crippen LogP contribution in [-0.2, 0) is 22.8 Å². The minimum absolute atomic E-state index is 0.319. The highest BCUT2D eigenvalue weighted by Gasteiger charge is 2.13. The zero-order valence-corrected chi connectivity index (χ0v) is 15.7. The molecule has 8 heteroatoms. The number of hydrogen-bond donors (Lipinski definition) is 2. The lowest BCUT2D eigenvalue weighted by Gasteiger charge is -2.09. The van der Waals surface area contributed by atoms with Gasteiger partial charge in [-0.05, 0) is 30.7 Å². The summed E-state index contributed by atoms with van der Waals surface area (Å²) in [5.74, 6) is 0.319. The van der Waals surface area contributed by atoms with Crippen molar-refractivity contribution in [3.8, 4) is 0 Å². The lowest BCUT2D eigenvalue weighted by molar-refractivity contribution is 0.675. The first kappa shape index (κ1) is 17.7. The first-order chi connectivity index (χ1) is 12.0. The summed E-state index contributed by atoms with van der Waals surface area (Å²) in [4.78, 5) is 4.93. The number of rotatable bonds is 6. The van der Waals surface area contributed by atoms with Crippen molar-refractivity contribution in [2.75, 3.05) is 11.1 Å². The van der Waals surface area contributed by atoms with Crippen LogP contribution in [0, 0.1) is 4.78 Å². The number of nitrogens with zero attached hydrogens (tertiary/aromatic N) is 3. The zero-order chi connectivity index (χ0) is 18.0. The van der Waals surface area contributed by atoms with Crippen LogP contribution in [0.1, 0.15) is 19.4 Å². The normalized spacial score (nSPS) is 13.7. The molecule has 0 saturated carbocycles. The number of anilines is 1. The Morgan fingerprint density at radius 1 is 1.24 bits per heavy atom. The van der Waals surface area contributed by atoms with Gasteiger partial charge in [0.15, 0.2) is 10.8 Å². The Bertz CT molecular complexity index is 996. The topological polar surface area (TPSA) is 83.7 Å². The van der Waals surface area contributed by atoms with E-state index in [9.17, 15) is 4.21 Å². The van der Waals surface area contributed by atoms with Crippen LogP contribution in [-0.4, -0.2) is 24.7 Å². The van der Waals surface area contributed by atoms with E-state index >= 15 is 0 Å². The molecule has 0 aliphatic carbocycles. The smallest absolute Gasteiger partial charge is 0.162 e. The van der Waals surface area contributed by atoms with Gasteiger partial charge in [-0.25, -0.2) is 18.7 Å². The van der Waals surface area contributed by atoms with Gasteiger partial charge in [-0.1, -0.05) is 30.7 Å². The van der Waals surface area contributed by atoms with Crippen LogP contribution in [0.5, 0.6) is 0 Å². The zero-order valence-electron chi connectivity index (χ0n) is 14.1. The van der Waals surface area contributed by atoms with Crippen molar-refractivity contribution in [2.45, 2.75) is 31.8 Å². The molecule has 0 aliphatic heterocycles. The minimum Gasteiger partial charge on any atom is -0.380 e. The maximum absolute atomic E-state index is 12.1. The second-order valence-electron chi connectivity index (χ2n) is 5.63. The van der Waals surface area contributed by atoms with Crippen LogP contribution < -0.4 is 5.32 Å². The Kier molecular flexibility index (Phi) is 4.96. The summed E-state index contributed by atoms with van der Waals surface area (Å²) >= 11 is 6.27. The second-order valence-corrected chi connectivity index (χ2v) is 8.38. The predicted octanol–water partition coefficient (Wildman–Crippen LogP) is 4.14. The Morgan fingerprint density at radius 2 is 1.96 bits per heavy atom. The van der Waals surface area contributed by atoms with E-state index in [0.717, 1.165) is 22.3 Å². The van der Waals surface area contributed by atoms with Crippen molar-refractivity contribution in [3.05, 3.63) is 47.2 Å². The molecule has 6 nitrogen and oxygen atoms in total. The third-order valence-electron chi connectivity index (χ3n) is 4.08. The quantitative estimate of drug-likeness (QED) is 0.676. The fourth-order valence-electron chi connectivity index (χ4n) is 2.61. The molecule has 2 aromatic heterocycles. The van der Waals surface area contributed by atoms with Crippen LogP contribution in [0.15, 0.2) is 41.4 Å². The van der Waals surface area contributed by atoms with E-state index in [4.69, 9.17) is 16.4 Å². The molecule has 0 aliphatic rings. The SMILES string of the molecule is CCn1nc(Cl)c2c(NCc3ccc(S(=N)(=O)CC)cc3)ccnc21. The van der Waals surface area contributed by atoms with Crippen molar-refractivity contribution in [2.24, 2.45) is 0 Å². The maximum Gasteiger partial charge on any atom is 0.162 e. The number of hydrogen-bond acceptors (Lipinski definition) is 5. The van der Waals surface area contributed by atoms with Crippen LogP contribution in [0.2, 0.25) is 5.15 Å². The highest BCUT2D eigenvalue weighted by atomic mass is 35.5. The molecule has 0 fully saturated rings. The molecule has 1 unspecified atom stereocenters. The number of pyridine rings is 1. The molecule has 0 saturated heterocycles. The van der Waals surface area contributed by atoms with E-state index in [-0.39, 0.29) is 0 Å². The molecular weight excluding hydrogens is 358 g/mol. The van der Waals surface area contributed by atoms with Crippen molar-refractivity contribution < 1.29 is 4.21 Å². The Labute approximate surface area is 152 Å². The molecule has 0 radical (unpaired) electrons. The lowest BCUT2D eigenvalue weighted by atomic mass is 10.2. The van der Waals surface area contributed by atoms with Gasteiger partial charge in [-0.3, -0.25) is 0 Å². The number of aryl methyl sites for hydroxylation is 1. The summed E-state index contributed by atoms with van der Waals surface area (Å²) in [5, 5.41) is 8.90. The summed E-state index contributed by atoms with van der Waals surface area (Å²) in [5.41, 5.74) is 2.65. The van der Waals surface area contributed by atoms with Gasteiger partial charge in [0.2, 0.25) is 0 Å². The number of aromatic nitrogens is 3. The number of nitrogens with one attached hydrogen (secondary N) is 2. The van der Waals surface area contributed by atoms with Gasteiger partial charge < -0.3 is 5.32 Å². The Balaban J connectivity index is 1.83. The fourth-order valence-corrected chi connectivity index (χ4v) is 3.80. The van der Waals surface area contributed by atoms with E-state index < -0.39 is 9.73 Å². The van der Waals surface area contributed by atoms with Gasteiger partial charge in [0.25, 0.3) is 0 Å². The number of halogens is 1. The van der Waals surface area contributed by atoms with Gasteiger partial charge >= 0.3 is 0 Å². The molecule has 0 bridgehead atoms. The van der Waals surface area contributed by atoms with E-state index in [1.165, 1.54) is 0 Å². The van der Waals surface area contributed by atoms with Crippen LogP contribution >= 0.6 is 11.6 Å². The molecule has 3 aromatic rings. The molecular formula is C17H20ClN5OS. The lowest BCUT2D eigenvalue weighted by Crippen LogP contribution is -2.03. The first-order valence-corrected chi connectivity index (χ1v) is 10.2. The maximum atomic E-state index is 12.1. The largest absolute Gasteiger partial charge is 0.380 e. The van der Waals surface area contributed by atoms with Crippen molar-refractivity contribution in [1.82, 2.24) is 14.8 Å². The molecule has 2 N–H and O–H groups in total. The molecule has 3 rings (SSSR count).